The largest absolute Gasteiger partial charge is 0.379 e. The number of nitrogens with one attached hydrogen (secondary N) is 1. The second-order valence-electron chi connectivity index (χ2n) is 4.77. The van der Waals surface area contributed by atoms with Gasteiger partial charge < -0.3 is 9.47 Å². The third-order valence-electron chi connectivity index (χ3n) is 3.14. The van der Waals surface area contributed by atoms with Gasteiger partial charge in [0.1, 0.15) is 0 Å². The maximum absolute atomic E-state index is 11.9. The quantitative estimate of drug-likeness (QED) is 0.740. The first-order chi connectivity index (χ1) is 9.68. The monoisotopic (exact) mass is 299 g/mol. The molecule has 2 rings (SSSR count). The first-order valence-electron chi connectivity index (χ1n) is 6.92. The fraction of sp³-hybridized carbons (Fsp3) is 0.571. The Labute approximate surface area is 120 Å². The van der Waals surface area contributed by atoms with Crippen LogP contribution in [-0.2, 0) is 19.5 Å². The van der Waals surface area contributed by atoms with Crippen LogP contribution in [-0.4, -0.2) is 40.9 Å². The number of ether oxygens (including phenoxy) is 2. The van der Waals surface area contributed by atoms with Gasteiger partial charge in [-0.1, -0.05) is 18.2 Å². The molecule has 0 saturated carbocycles. The summed E-state index contributed by atoms with van der Waals surface area (Å²) in [5, 5.41) is 0. The van der Waals surface area contributed by atoms with Crippen molar-refractivity contribution in [3.8, 4) is 0 Å². The summed E-state index contributed by atoms with van der Waals surface area (Å²) in [6, 6.07) is 8.36. The third kappa shape index (κ3) is 4.86. The van der Waals surface area contributed by atoms with Crippen molar-refractivity contribution in [1.82, 2.24) is 4.72 Å². The van der Waals surface area contributed by atoms with E-state index in [1.54, 1.807) is 30.3 Å². The zero-order chi connectivity index (χ0) is 14.3. The van der Waals surface area contributed by atoms with E-state index in [1.165, 1.54) is 0 Å². The van der Waals surface area contributed by atoms with E-state index in [2.05, 4.69) is 4.72 Å². The van der Waals surface area contributed by atoms with Crippen LogP contribution in [0.4, 0.5) is 0 Å². The molecule has 0 aliphatic carbocycles. The highest BCUT2D eigenvalue weighted by Gasteiger charge is 2.15. The van der Waals surface area contributed by atoms with Crippen LogP contribution in [0.1, 0.15) is 19.3 Å². The number of sulfonamides is 1. The SMILES string of the molecule is O=S(=O)(NCCCOC[C@H]1CCCO1)c1ccccc1. The minimum Gasteiger partial charge on any atom is -0.379 e. The Hall–Kier alpha value is -0.950. The molecule has 0 bridgehead atoms. The van der Waals surface area contributed by atoms with E-state index in [4.69, 9.17) is 9.47 Å². The average Bonchev–Trinajstić information content (AvgIpc) is 2.97. The lowest BCUT2D eigenvalue weighted by Crippen LogP contribution is -2.26. The van der Waals surface area contributed by atoms with Crippen molar-refractivity contribution in [2.75, 3.05) is 26.4 Å². The summed E-state index contributed by atoms with van der Waals surface area (Å²) >= 11 is 0. The van der Waals surface area contributed by atoms with Crippen molar-refractivity contribution >= 4 is 10.0 Å². The normalized spacial score (nSPS) is 19.3. The van der Waals surface area contributed by atoms with Crippen LogP contribution in [0.15, 0.2) is 35.2 Å². The summed E-state index contributed by atoms with van der Waals surface area (Å²) in [5.41, 5.74) is 0. The van der Waals surface area contributed by atoms with Gasteiger partial charge in [0.15, 0.2) is 0 Å². The van der Waals surface area contributed by atoms with Crippen LogP contribution < -0.4 is 4.72 Å². The maximum atomic E-state index is 11.9. The van der Waals surface area contributed by atoms with Crippen molar-refractivity contribution in [1.29, 1.82) is 0 Å². The lowest BCUT2D eigenvalue weighted by Gasteiger charge is -2.10. The van der Waals surface area contributed by atoms with Crippen molar-refractivity contribution < 1.29 is 17.9 Å². The van der Waals surface area contributed by atoms with E-state index >= 15 is 0 Å². The molecule has 1 aliphatic rings. The van der Waals surface area contributed by atoms with Crippen molar-refractivity contribution in [3.63, 3.8) is 0 Å². The first kappa shape index (κ1) is 15.4. The number of hydrogen-bond acceptors (Lipinski definition) is 4. The van der Waals surface area contributed by atoms with Crippen LogP contribution in [0.2, 0.25) is 0 Å². The topological polar surface area (TPSA) is 64.6 Å². The summed E-state index contributed by atoms with van der Waals surface area (Å²) in [6.45, 7) is 2.34. The number of hydrogen-bond donors (Lipinski definition) is 1. The summed E-state index contributed by atoms with van der Waals surface area (Å²) in [7, 11) is -3.39. The summed E-state index contributed by atoms with van der Waals surface area (Å²) in [4.78, 5) is 0.292. The Balaban J connectivity index is 1.60. The van der Waals surface area contributed by atoms with Gasteiger partial charge in [0.2, 0.25) is 10.0 Å². The highest BCUT2D eigenvalue weighted by Crippen LogP contribution is 2.12. The number of benzene rings is 1. The Morgan fingerprint density at radius 3 is 2.80 bits per heavy atom. The number of rotatable bonds is 8. The molecule has 1 aromatic carbocycles. The molecule has 0 amide bonds. The van der Waals surface area contributed by atoms with Gasteiger partial charge in [-0.15, -0.1) is 0 Å². The molecule has 0 spiro atoms. The second-order valence-corrected chi connectivity index (χ2v) is 6.54. The van der Waals surface area contributed by atoms with E-state index in [1.807, 2.05) is 0 Å². The zero-order valence-electron chi connectivity index (χ0n) is 11.5. The molecule has 1 saturated heterocycles. The molecule has 5 nitrogen and oxygen atoms in total. The molecule has 1 N–H and O–H groups in total. The van der Waals surface area contributed by atoms with E-state index in [-0.39, 0.29) is 6.10 Å². The average molecular weight is 299 g/mol. The highest BCUT2D eigenvalue weighted by molar-refractivity contribution is 7.89. The van der Waals surface area contributed by atoms with Crippen LogP contribution in [0.5, 0.6) is 0 Å². The molecular weight excluding hydrogens is 278 g/mol. The van der Waals surface area contributed by atoms with Gasteiger partial charge in [0.25, 0.3) is 0 Å². The van der Waals surface area contributed by atoms with Crippen LogP contribution in [0.3, 0.4) is 0 Å². The summed E-state index contributed by atoms with van der Waals surface area (Å²) in [6.07, 6.45) is 3.03. The van der Waals surface area contributed by atoms with Crippen molar-refractivity contribution in [2.24, 2.45) is 0 Å². The molecule has 1 atom stereocenters. The molecule has 0 radical (unpaired) electrons. The highest BCUT2D eigenvalue weighted by atomic mass is 32.2. The molecule has 1 fully saturated rings. The molecule has 0 aromatic heterocycles. The molecule has 6 heteroatoms. The lowest BCUT2D eigenvalue weighted by atomic mass is 10.2. The predicted octanol–water partition coefficient (Wildman–Crippen LogP) is 1.55. The van der Waals surface area contributed by atoms with E-state index < -0.39 is 10.0 Å². The third-order valence-corrected chi connectivity index (χ3v) is 4.62. The molecule has 1 aromatic rings. The van der Waals surface area contributed by atoms with Crippen LogP contribution >= 0.6 is 0 Å². The Morgan fingerprint density at radius 1 is 1.30 bits per heavy atom. The molecule has 20 heavy (non-hydrogen) atoms. The molecule has 0 unspecified atom stereocenters. The Kier molecular flexibility index (Phi) is 5.97. The Morgan fingerprint density at radius 2 is 2.10 bits per heavy atom. The molecule has 1 heterocycles. The first-order valence-corrected chi connectivity index (χ1v) is 8.41. The van der Waals surface area contributed by atoms with Gasteiger partial charge in [-0.05, 0) is 31.4 Å². The minimum absolute atomic E-state index is 0.219. The summed E-state index contributed by atoms with van der Waals surface area (Å²) < 4.78 is 37.3. The van der Waals surface area contributed by atoms with Gasteiger partial charge >= 0.3 is 0 Å². The molecule has 1 aliphatic heterocycles. The lowest BCUT2D eigenvalue weighted by molar-refractivity contribution is 0.0169. The fourth-order valence-electron chi connectivity index (χ4n) is 2.05. The molecular formula is C14H21NO4S. The van der Waals surface area contributed by atoms with Gasteiger partial charge in [-0.2, -0.15) is 0 Å². The van der Waals surface area contributed by atoms with Crippen LogP contribution in [0.25, 0.3) is 0 Å². The second kappa shape index (κ2) is 7.73. The Bertz CT molecular complexity index is 483. The minimum atomic E-state index is -3.39. The maximum Gasteiger partial charge on any atom is 0.240 e. The zero-order valence-corrected chi connectivity index (χ0v) is 12.3. The predicted molar refractivity (Wildman–Crippen MR) is 76.0 cm³/mol. The van der Waals surface area contributed by atoms with Gasteiger partial charge in [0, 0.05) is 19.8 Å². The van der Waals surface area contributed by atoms with E-state index in [0.29, 0.717) is 31.1 Å². The van der Waals surface area contributed by atoms with Gasteiger partial charge in [0.05, 0.1) is 17.6 Å². The van der Waals surface area contributed by atoms with Crippen molar-refractivity contribution in [2.45, 2.75) is 30.3 Å². The smallest absolute Gasteiger partial charge is 0.240 e. The van der Waals surface area contributed by atoms with E-state index in [9.17, 15) is 8.42 Å². The molecule has 112 valence electrons. The standard InChI is InChI=1S/C14H21NO4S/c16-20(17,14-7-2-1-3-8-14)15-9-5-10-18-12-13-6-4-11-19-13/h1-3,7-8,13,15H,4-6,9-12H2/t13-/m1/s1. The van der Waals surface area contributed by atoms with E-state index in [0.717, 1.165) is 19.4 Å². The van der Waals surface area contributed by atoms with Gasteiger partial charge in [-0.25, -0.2) is 13.1 Å². The van der Waals surface area contributed by atoms with Crippen LogP contribution in [0, 0.1) is 0 Å². The fourth-order valence-corrected chi connectivity index (χ4v) is 3.15. The van der Waals surface area contributed by atoms with Gasteiger partial charge in [-0.3, -0.25) is 0 Å². The van der Waals surface area contributed by atoms with Crippen molar-refractivity contribution in [3.05, 3.63) is 30.3 Å². The summed E-state index contributed by atoms with van der Waals surface area (Å²) in [5.74, 6) is 0.